The van der Waals surface area contributed by atoms with Crippen LogP contribution in [0.25, 0.3) is 0 Å². The summed E-state index contributed by atoms with van der Waals surface area (Å²) in [6.07, 6.45) is 4.38. The monoisotopic (exact) mass is 320 g/mol. The predicted molar refractivity (Wildman–Crippen MR) is 85.3 cm³/mol. The second-order valence-corrected chi connectivity index (χ2v) is 6.45. The van der Waals surface area contributed by atoms with Crippen LogP contribution < -0.4 is 9.64 Å². The van der Waals surface area contributed by atoms with Crippen molar-refractivity contribution in [2.75, 3.05) is 38.2 Å². The van der Waals surface area contributed by atoms with Gasteiger partial charge in [0.25, 0.3) is 5.91 Å². The molecule has 1 N–H and O–H groups in total. The largest absolute Gasteiger partial charge is 0.481 e. The van der Waals surface area contributed by atoms with Crippen LogP contribution in [0, 0.1) is 5.92 Å². The summed E-state index contributed by atoms with van der Waals surface area (Å²) in [7, 11) is 1.58. The lowest BCUT2D eigenvalue weighted by Gasteiger charge is -2.30. The molecule has 2 aliphatic rings. The molecule has 126 valence electrons. The van der Waals surface area contributed by atoms with Gasteiger partial charge < -0.3 is 19.6 Å². The van der Waals surface area contributed by atoms with Crippen LogP contribution in [-0.4, -0.2) is 64.8 Å². The first-order chi connectivity index (χ1) is 11.0. The van der Waals surface area contributed by atoms with Crippen molar-refractivity contribution in [2.45, 2.75) is 31.8 Å². The zero-order chi connectivity index (χ0) is 16.4. The fourth-order valence-electron chi connectivity index (χ4n) is 3.06. The molecule has 1 aliphatic heterocycles. The predicted octanol–water partition coefficient (Wildman–Crippen LogP) is 0.685. The number of hydrogen-bond donors (Lipinski definition) is 1. The molecule has 1 saturated heterocycles. The zero-order valence-electron chi connectivity index (χ0n) is 13.7. The maximum absolute atomic E-state index is 12.6. The van der Waals surface area contributed by atoms with E-state index >= 15 is 0 Å². The van der Waals surface area contributed by atoms with E-state index < -0.39 is 5.60 Å². The van der Waals surface area contributed by atoms with E-state index in [1.165, 1.54) is 0 Å². The third-order valence-electron chi connectivity index (χ3n) is 4.70. The SMILES string of the molecule is COc1ccnc(N2CCCN(C(=O)C(C)(O)C3CC3)CC2)n1. The van der Waals surface area contributed by atoms with Gasteiger partial charge >= 0.3 is 0 Å². The third kappa shape index (κ3) is 3.39. The Balaban J connectivity index is 1.66. The quantitative estimate of drug-likeness (QED) is 0.879. The molecule has 1 atom stereocenters. The Kier molecular flexibility index (Phi) is 4.39. The van der Waals surface area contributed by atoms with E-state index in [-0.39, 0.29) is 11.8 Å². The highest BCUT2D eigenvalue weighted by atomic mass is 16.5. The molecule has 0 bridgehead atoms. The van der Waals surface area contributed by atoms with E-state index in [9.17, 15) is 9.90 Å². The Morgan fingerprint density at radius 3 is 2.83 bits per heavy atom. The maximum atomic E-state index is 12.6. The molecule has 0 spiro atoms. The average molecular weight is 320 g/mol. The molecular formula is C16H24N4O3. The van der Waals surface area contributed by atoms with Crippen LogP contribution in [0.4, 0.5) is 5.95 Å². The van der Waals surface area contributed by atoms with Crippen molar-refractivity contribution < 1.29 is 14.6 Å². The standard InChI is InChI=1S/C16H24N4O3/c1-16(22,12-4-5-12)14(21)19-8-3-9-20(11-10-19)15-17-7-6-13(18-15)23-2/h6-7,12,22H,3-5,8-11H2,1-2H3. The van der Waals surface area contributed by atoms with Gasteiger partial charge in [-0.25, -0.2) is 4.98 Å². The highest BCUT2D eigenvalue weighted by Gasteiger charge is 2.47. The van der Waals surface area contributed by atoms with Gasteiger partial charge in [0.15, 0.2) is 0 Å². The van der Waals surface area contributed by atoms with Crippen LogP contribution in [-0.2, 0) is 4.79 Å². The lowest BCUT2D eigenvalue weighted by molar-refractivity contribution is -0.151. The number of aliphatic hydroxyl groups is 1. The number of aromatic nitrogens is 2. The number of nitrogens with zero attached hydrogens (tertiary/aromatic N) is 4. The molecule has 7 nitrogen and oxygen atoms in total. The van der Waals surface area contributed by atoms with Crippen molar-refractivity contribution in [3.8, 4) is 5.88 Å². The summed E-state index contributed by atoms with van der Waals surface area (Å²) in [6.45, 7) is 4.31. The summed E-state index contributed by atoms with van der Waals surface area (Å²) in [5.74, 6) is 1.13. The average Bonchev–Trinajstić information content (AvgIpc) is 3.40. The number of carbonyl (C=O) groups excluding carboxylic acids is 1. The molecular weight excluding hydrogens is 296 g/mol. The van der Waals surface area contributed by atoms with E-state index in [2.05, 4.69) is 14.9 Å². The first kappa shape index (κ1) is 16.0. The van der Waals surface area contributed by atoms with Gasteiger partial charge in [-0.3, -0.25) is 4.79 Å². The van der Waals surface area contributed by atoms with Crippen molar-refractivity contribution >= 4 is 11.9 Å². The first-order valence-corrected chi connectivity index (χ1v) is 8.16. The Morgan fingerprint density at radius 2 is 2.13 bits per heavy atom. The van der Waals surface area contributed by atoms with E-state index in [1.54, 1.807) is 31.2 Å². The number of ether oxygens (including phenoxy) is 1. The van der Waals surface area contributed by atoms with Crippen molar-refractivity contribution in [1.82, 2.24) is 14.9 Å². The van der Waals surface area contributed by atoms with Gasteiger partial charge in [0.1, 0.15) is 5.60 Å². The van der Waals surface area contributed by atoms with Crippen LogP contribution in [0.5, 0.6) is 5.88 Å². The maximum Gasteiger partial charge on any atom is 0.254 e. The topological polar surface area (TPSA) is 78.8 Å². The molecule has 3 rings (SSSR count). The van der Waals surface area contributed by atoms with E-state index in [1.807, 2.05) is 0 Å². The Labute approximate surface area is 136 Å². The molecule has 1 aromatic rings. The smallest absolute Gasteiger partial charge is 0.254 e. The fraction of sp³-hybridized carbons (Fsp3) is 0.688. The summed E-state index contributed by atoms with van der Waals surface area (Å²) >= 11 is 0. The van der Waals surface area contributed by atoms with E-state index in [0.29, 0.717) is 31.5 Å². The van der Waals surface area contributed by atoms with Crippen LogP contribution in [0.3, 0.4) is 0 Å². The number of carbonyl (C=O) groups is 1. The molecule has 1 aromatic heterocycles. The van der Waals surface area contributed by atoms with Crippen molar-refractivity contribution in [1.29, 1.82) is 0 Å². The molecule has 1 unspecified atom stereocenters. The lowest BCUT2D eigenvalue weighted by atomic mass is 9.98. The summed E-state index contributed by atoms with van der Waals surface area (Å²) in [4.78, 5) is 25.1. The number of rotatable bonds is 4. The molecule has 1 saturated carbocycles. The van der Waals surface area contributed by atoms with Crippen molar-refractivity contribution in [3.63, 3.8) is 0 Å². The highest BCUT2D eigenvalue weighted by molar-refractivity contribution is 5.85. The van der Waals surface area contributed by atoms with Crippen molar-refractivity contribution in [3.05, 3.63) is 12.3 Å². The van der Waals surface area contributed by atoms with Crippen LogP contribution in [0.15, 0.2) is 12.3 Å². The Hall–Kier alpha value is -1.89. The normalized spacial score (nSPS) is 21.5. The minimum absolute atomic E-state index is 0.121. The van der Waals surface area contributed by atoms with Gasteiger partial charge in [-0.2, -0.15) is 4.98 Å². The molecule has 0 radical (unpaired) electrons. The summed E-state index contributed by atoms with van der Waals surface area (Å²) in [6, 6.07) is 1.71. The van der Waals surface area contributed by atoms with E-state index in [0.717, 1.165) is 25.8 Å². The Bertz CT molecular complexity index is 574. The Morgan fingerprint density at radius 1 is 1.35 bits per heavy atom. The summed E-state index contributed by atoms with van der Waals surface area (Å²) in [5.41, 5.74) is -1.22. The van der Waals surface area contributed by atoms with Crippen LogP contribution in [0.2, 0.25) is 0 Å². The number of methoxy groups -OCH3 is 1. The van der Waals surface area contributed by atoms with Gasteiger partial charge in [-0.1, -0.05) is 0 Å². The molecule has 2 fully saturated rings. The molecule has 1 aliphatic carbocycles. The fourth-order valence-corrected chi connectivity index (χ4v) is 3.06. The number of anilines is 1. The zero-order valence-corrected chi connectivity index (χ0v) is 13.7. The van der Waals surface area contributed by atoms with Crippen LogP contribution >= 0.6 is 0 Å². The molecule has 7 heteroatoms. The second-order valence-electron chi connectivity index (χ2n) is 6.45. The van der Waals surface area contributed by atoms with Gasteiger partial charge in [0.2, 0.25) is 11.8 Å². The highest BCUT2D eigenvalue weighted by Crippen LogP contribution is 2.40. The molecule has 23 heavy (non-hydrogen) atoms. The van der Waals surface area contributed by atoms with Crippen LogP contribution in [0.1, 0.15) is 26.2 Å². The minimum atomic E-state index is -1.22. The van der Waals surface area contributed by atoms with Crippen molar-refractivity contribution in [2.24, 2.45) is 5.92 Å². The van der Waals surface area contributed by atoms with Gasteiger partial charge in [0.05, 0.1) is 7.11 Å². The van der Waals surface area contributed by atoms with Gasteiger partial charge in [0, 0.05) is 38.4 Å². The molecule has 0 aromatic carbocycles. The number of hydrogen-bond acceptors (Lipinski definition) is 6. The van der Waals surface area contributed by atoms with Gasteiger partial charge in [-0.15, -0.1) is 0 Å². The second kappa shape index (κ2) is 6.31. The molecule has 2 heterocycles. The summed E-state index contributed by atoms with van der Waals surface area (Å²) in [5, 5.41) is 10.5. The minimum Gasteiger partial charge on any atom is -0.481 e. The third-order valence-corrected chi connectivity index (χ3v) is 4.70. The van der Waals surface area contributed by atoms with E-state index in [4.69, 9.17) is 4.74 Å². The number of amides is 1. The summed E-state index contributed by atoms with van der Waals surface area (Å²) < 4.78 is 5.14. The lowest BCUT2D eigenvalue weighted by Crippen LogP contribution is -2.49. The first-order valence-electron chi connectivity index (χ1n) is 8.16. The molecule has 1 amide bonds. The van der Waals surface area contributed by atoms with Gasteiger partial charge in [-0.05, 0) is 32.1 Å².